The lowest BCUT2D eigenvalue weighted by Crippen LogP contribution is -2.55. The fourth-order valence-electron chi connectivity index (χ4n) is 3.74. The van der Waals surface area contributed by atoms with Crippen molar-refractivity contribution in [2.75, 3.05) is 19.6 Å². The Morgan fingerprint density at radius 1 is 1.10 bits per heavy atom. The Hall–Kier alpha value is -2.43. The number of hydrogen-bond acceptors (Lipinski definition) is 4. The summed E-state index contributed by atoms with van der Waals surface area (Å²) in [4.78, 5) is 11.9. The van der Waals surface area contributed by atoms with Crippen LogP contribution in [0.25, 0.3) is 0 Å². The summed E-state index contributed by atoms with van der Waals surface area (Å²) in [6, 6.07) is 10.5. The molecule has 4 rings (SSSR count). The Balaban J connectivity index is 1.53. The number of halogens is 3. The van der Waals surface area contributed by atoms with Crippen LogP contribution in [-0.4, -0.2) is 40.0 Å². The zero-order chi connectivity index (χ0) is 21.6. The van der Waals surface area contributed by atoms with Crippen LogP contribution in [0.3, 0.4) is 0 Å². The van der Waals surface area contributed by atoms with E-state index in [9.17, 15) is 26.7 Å². The normalized spacial score (nSPS) is 21.1. The molecule has 1 amide bonds. The van der Waals surface area contributed by atoms with Crippen molar-refractivity contribution < 1.29 is 31.5 Å². The first-order valence-corrected chi connectivity index (χ1v) is 10.8. The average Bonchev–Trinajstić information content (AvgIpc) is 2.85. The van der Waals surface area contributed by atoms with Crippen molar-refractivity contribution in [1.82, 2.24) is 9.62 Å². The van der Waals surface area contributed by atoms with E-state index in [1.807, 2.05) is 0 Å². The number of alkyl halides is 3. The SMILES string of the molecule is O=C1NCC2(CCN([S+](=O)([O-])c3cccc(C(F)(F)F)c3)CC2)Oc2ccccc21. The van der Waals surface area contributed by atoms with Crippen LogP contribution < -0.4 is 10.1 Å². The number of rotatable bonds is 2. The Morgan fingerprint density at radius 3 is 2.50 bits per heavy atom. The lowest BCUT2D eigenvalue weighted by atomic mass is 9.92. The van der Waals surface area contributed by atoms with Gasteiger partial charge in [0.2, 0.25) is 0 Å². The molecule has 0 saturated carbocycles. The summed E-state index contributed by atoms with van der Waals surface area (Å²) < 4.78 is 72.0. The summed E-state index contributed by atoms with van der Waals surface area (Å²) >= 11 is 0. The van der Waals surface area contributed by atoms with E-state index in [0.29, 0.717) is 30.2 Å². The number of para-hydroxylation sites is 1. The first-order chi connectivity index (χ1) is 14.1. The Bertz CT molecular complexity index is 1020. The van der Waals surface area contributed by atoms with E-state index in [0.717, 1.165) is 22.5 Å². The van der Waals surface area contributed by atoms with Crippen LogP contribution in [0.15, 0.2) is 53.4 Å². The lowest BCUT2D eigenvalue weighted by Gasteiger charge is -2.41. The van der Waals surface area contributed by atoms with Gasteiger partial charge in [0.25, 0.3) is 5.91 Å². The van der Waals surface area contributed by atoms with Crippen LogP contribution >= 0.6 is 0 Å². The molecule has 2 aliphatic heterocycles. The maximum atomic E-state index is 13.0. The van der Waals surface area contributed by atoms with Crippen LogP contribution in [0.1, 0.15) is 28.8 Å². The zero-order valence-electron chi connectivity index (χ0n) is 15.8. The molecule has 1 atom stereocenters. The number of carbonyl (C=O) groups excluding carboxylic acids is 1. The van der Waals surface area contributed by atoms with Crippen molar-refractivity contribution >= 4 is 16.3 Å². The monoisotopic (exact) mass is 440 g/mol. The summed E-state index contributed by atoms with van der Waals surface area (Å²) in [7, 11) is -4.09. The third-order valence-electron chi connectivity index (χ3n) is 5.46. The van der Waals surface area contributed by atoms with Gasteiger partial charge in [-0.3, -0.25) is 4.79 Å². The molecule has 1 fully saturated rings. The minimum absolute atomic E-state index is 0.0661. The average molecular weight is 440 g/mol. The van der Waals surface area contributed by atoms with Gasteiger partial charge in [0, 0.05) is 32.0 Å². The molecule has 0 bridgehead atoms. The molecule has 10 heteroatoms. The van der Waals surface area contributed by atoms with Crippen molar-refractivity contribution in [2.45, 2.75) is 29.5 Å². The molecule has 1 saturated heterocycles. The Kier molecular flexibility index (Phi) is 5.11. The van der Waals surface area contributed by atoms with Crippen molar-refractivity contribution in [3.63, 3.8) is 0 Å². The number of fused-ring (bicyclic) bond motifs is 1. The molecule has 0 aromatic heterocycles. The predicted molar refractivity (Wildman–Crippen MR) is 101 cm³/mol. The van der Waals surface area contributed by atoms with Gasteiger partial charge >= 0.3 is 6.18 Å². The highest BCUT2D eigenvalue weighted by molar-refractivity contribution is 7.95. The van der Waals surface area contributed by atoms with Crippen LogP contribution in [0.4, 0.5) is 13.2 Å². The summed E-state index contributed by atoms with van der Waals surface area (Å²) in [5, 5.41) is 2.81. The summed E-state index contributed by atoms with van der Waals surface area (Å²) in [6.45, 7) is 0.352. The minimum atomic E-state index is -4.63. The fourth-order valence-corrected chi connectivity index (χ4v) is 5.23. The number of ether oxygens (including phenoxy) is 1. The molecule has 2 aliphatic rings. The second kappa shape index (κ2) is 7.36. The second-order valence-electron chi connectivity index (χ2n) is 7.39. The van der Waals surface area contributed by atoms with Crippen molar-refractivity contribution in [3.8, 4) is 5.75 Å². The second-order valence-corrected chi connectivity index (χ2v) is 9.33. The van der Waals surface area contributed by atoms with E-state index >= 15 is 0 Å². The van der Waals surface area contributed by atoms with Gasteiger partial charge in [0.1, 0.15) is 11.4 Å². The van der Waals surface area contributed by atoms with E-state index in [-0.39, 0.29) is 25.5 Å². The number of nitrogens with zero attached hydrogens (tertiary/aromatic N) is 1. The number of piperidine rings is 1. The number of benzene rings is 2. The lowest BCUT2D eigenvalue weighted by molar-refractivity contribution is -0.137. The van der Waals surface area contributed by atoms with Crippen LogP contribution in [-0.2, 0) is 20.8 Å². The first-order valence-electron chi connectivity index (χ1n) is 9.34. The van der Waals surface area contributed by atoms with Gasteiger partial charge in [0.05, 0.1) is 17.7 Å². The molecule has 30 heavy (non-hydrogen) atoms. The molecule has 2 aromatic carbocycles. The topological polar surface area (TPSA) is 81.7 Å². The van der Waals surface area contributed by atoms with Gasteiger partial charge in [-0.25, -0.2) is 0 Å². The molecular formula is C20H19F3N2O4S. The molecule has 6 nitrogen and oxygen atoms in total. The van der Waals surface area contributed by atoms with Gasteiger partial charge in [-0.05, 0) is 24.3 Å². The fraction of sp³-hybridized carbons (Fsp3) is 0.350. The molecule has 1 spiro atoms. The van der Waals surface area contributed by atoms with E-state index in [4.69, 9.17) is 4.74 Å². The van der Waals surface area contributed by atoms with Crippen LogP contribution in [0.5, 0.6) is 5.75 Å². The maximum Gasteiger partial charge on any atom is 0.416 e. The molecule has 1 unspecified atom stereocenters. The number of nitrogens with one attached hydrogen (secondary N) is 1. The third-order valence-corrected chi connectivity index (χ3v) is 7.36. The Labute approximate surface area is 172 Å². The molecule has 2 aromatic rings. The third kappa shape index (κ3) is 3.82. The van der Waals surface area contributed by atoms with Gasteiger partial charge < -0.3 is 14.6 Å². The summed E-state index contributed by atoms with van der Waals surface area (Å²) in [5.41, 5.74) is -1.38. The number of sulfonamides is 1. The predicted octanol–water partition coefficient (Wildman–Crippen LogP) is 3.27. The van der Waals surface area contributed by atoms with Crippen molar-refractivity contribution in [3.05, 3.63) is 59.7 Å². The zero-order valence-corrected chi connectivity index (χ0v) is 16.6. The van der Waals surface area contributed by atoms with E-state index < -0.39 is 32.6 Å². The number of hydrogen-bond donors (Lipinski definition) is 1. The molecule has 2 heterocycles. The molecular weight excluding hydrogens is 421 g/mol. The summed E-state index contributed by atoms with van der Waals surface area (Å²) in [5.74, 6) is 0.170. The molecule has 0 radical (unpaired) electrons. The molecule has 1 N–H and O–H groups in total. The highest BCUT2D eigenvalue weighted by Gasteiger charge is 2.45. The summed E-state index contributed by atoms with van der Waals surface area (Å²) in [6.07, 6.45) is -4.04. The van der Waals surface area contributed by atoms with Gasteiger partial charge in [-0.2, -0.15) is 13.2 Å². The largest absolute Gasteiger partial charge is 0.593 e. The van der Waals surface area contributed by atoms with E-state index in [1.54, 1.807) is 24.3 Å². The van der Waals surface area contributed by atoms with E-state index in [1.165, 1.54) is 0 Å². The van der Waals surface area contributed by atoms with Gasteiger partial charge in [0.15, 0.2) is 15.3 Å². The standard InChI is InChI=1S/C20H19F3N2O4S/c21-20(22,23)14-4-3-5-15(12-14)30(27,28)25-10-8-19(9-11-25)13-24-18(26)16-6-1-2-7-17(16)29-19/h1-7,12H,8-11,13H2,(H-,24,26,27,28). The van der Waals surface area contributed by atoms with Crippen molar-refractivity contribution in [1.29, 1.82) is 0 Å². The smallest absolute Gasteiger partial charge is 0.416 e. The maximum absolute atomic E-state index is 13.0. The van der Waals surface area contributed by atoms with Crippen LogP contribution in [0.2, 0.25) is 0 Å². The number of carbonyl (C=O) groups is 1. The highest BCUT2D eigenvalue weighted by Crippen LogP contribution is 2.37. The molecule has 160 valence electrons. The quantitative estimate of drug-likeness (QED) is 0.727. The van der Waals surface area contributed by atoms with Gasteiger partial charge in [-0.1, -0.05) is 22.4 Å². The van der Waals surface area contributed by atoms with Gasteiger partial charge in [-0.15, -0.1) is 4.31 Å². The van der Waals surface area contributed by atoms with Crippen molar-refractivity contribution in [2.24, 2.45) is 0 Å². The Morgan fingerprint density at radius 2 is 1.80 bits per heavy atom. The highest BCUT2D eigenvalue weighted by atomic mass is 32.3. The first kappa shape index (κ1) is 20.8. The number of amides is 1. The minimum Gasteiger partial charge on any atom is -0.593 e. The van der Waals surface area contributed by atoms with Crippen LogP contribution in [0, 0.1) is 0 Å². The molecule has 0 aliphatic carbocycles. The van der Waals surface area contributed by atoms with E-state index in [2.05, 4.69) is 5.32 Å².